The predicted molar refractivity (Wildman–Crippen MR) is 84.0 cm³/mol. The Balaban J connectivity index is 2.42. The van der Waals surface area contributed by atoms with Crippen LogP contribution in [0.5, 0.6) is 0 Å². The third-order valence-electron chi connectivity index (χ3n) is 3.15. The lowest BCUT2D eigenvalue weighted by atomic mass is 10.0. The van der Waals surface area contributed by atoms with Crippen LogP contribution in [0.2, 0.25) is 0 Å². The van der Waals surface area contributed by atoms with Gasteiger partial charge in [-0.05, 0) is 49.8 Å². The number of hydrogen-bond donors (Lipinski definition) is 1. The van der Waals surface area contributed by atoms with Crippen LogP contribution in [0, 0.1) is 5.41 Å². The molecule has 0 atom stereocenters. The lowest BCUT2D eigenvalue weighted by Gasteiger charge is -2.04. The molecule has 0 aliphatic heterocycles. The van der Waals surface area contributed by atoms with Crippen LogP contribution < -0.4 is 0 Å². The van der Waals surface area contributed by atoms with Crippen LogP contribution in [0.3, 0.4) is 0 Å². The quantitative estimate of drug-likeness (QED) is 0.322. The topological polar surface area (TPSA) is 58.0 Å². The molecule has 0 saturated heterocycles. The molecule has 0 spiro atoms. The number of Topliss-reactive ketones (excluding diaryl/α,β-unsaturated/α-hetero) is 2. The summed E-state index contributed by atoms with van der Waals surface area (Å²) < 4.78 is 0. The highest BCUT2D eigenvalue weighted by Crippen LogP contribution is 2.16. The van der Waals surface area contributed by atoms with Crippen molar-refractivity contribution in [2.45, 2.75) is 43.9 Å². The van der Waals surface area contributed by atoms with Crippen molar-refractivity contribution in [3.8, 4) is 0 Å². The van der Waals surface area contributed by atoms with Crippen LogP contribution in [-0.4, -0.2) is 23.5 Å². The van der Waals surface area contributed by atoms with Gasteiger partial charge in [0.1, 0.15) is 5.78 Å². The van der Waals surface area contributed by atoms with Crippen LogP contribution in [0.4, 0.5) is 0 Å². The van der Waals surface area contributed by atoms with Crippen molar-refractivity contribution in [1.82, 2.24) is 0 Å². The molecule has 0 heterocycles. The summed E-state index contributed by atoms with van der Waals surface area (Å²) in [4.78, 5) is 24.3. The molecule has 108 valence electrons. The molecule has 0 fully saturated rings. The highest BCUT2D eigenvalue weighted by molar-refractivity contribution is 7.98. The van der Waals surface area contributed by atoms with E-state index >= 15 is 0 Å². The maximum absolute atomic E-state index is 12.0. The molecule has 0 aliphatic carbocycles. The van der Waals surface area contributed by atoms with Crippen LogP contribution in [-0.2, 0) is 4.79 Å². The Bertz CT molecular complexity index is 480. The first kappa shape index (κ1) is 16.6. The second-order valence-electron chi connectivity index (χ2n) is 4.64. The molecule has 4 heteroatoms. The van der Waals surface area contributed by atoms with Gasteiger partial charge >= 0.3 is 0 Å². The fourth-order valence-corrected chi connectivity index (χ4v) is 2.24. The molecule has 0 bridgehead atoms. The van der Waals surface area contributed by atoms with Gasteiger partial charge in [-0.3, -0.25) is 9.59 Å². The molecule has 3 nitrogen and oxygen atoms in total. The van der Waals surface area contributed by atoms with Crippen molar-refractivity contribution in [2.24, 2.45) is 0 Å². The van der Waals surface area contributed by atoms with E-state index in [9.17, 15) is 9.59 Å². The molecule has 0 radical (unpaired) electrons. The zero-order valence-electron chi connectivity index (χ0n) is 12.1. The third-order valence-corrected chi connectivity index (χ3v) is 3.90. The fraction of sp³-hybridized carbons (Fsp3) is 0.438. The summed E-state index contributed by atoms with van der Waals surface area (Å²) in [5.41, 5.74) is 0.697. The molecule has 0 aliphatic rings. The Kier molecular flexibility index (Phi) is 7.23. The number of nitrogens with one attached hydrogen (secondary N) is 1. The van der Waals surface area contributed by atoms with Crippen molar-refractivity contribution in [1.29, 1.82) is 5.41 Å². The van der Waals surface area contributed by atoms with Crippen molar-refractivity contribution in [2.75, 3.05) is 6.26 Å². The lowest BCUT2D eigenvalue weighted by Crippen LogP contribution is -2.13. The van der Waals surface area contributed by atoms with Gasteiger partial charge in [-0.2, -0.15) is 0 Å². The highest BCUT2D eigenvalue weighted by Gasteiger charge is 2.12. The number of thioether (sulfide) groups is 1. The number of carbonyl (C=O) groups is 2. The minimum absolute atomic E-state index is 0.130. The van der Waals surface area contributed by atoms with E-state index in [-0.39, 0.29) is 17.3 Å². The van der Waals surface area contributed by atoms with E-state index < -0.39 is 0 Å². The number of unbranched alkanes of at least 4 members (excludes halogenated alkanes) is 1. The summed E-state index contributed by atoms with van der Waals surface area (Å²) in [5, 5.41) is 7.82. The molecule has 0 amide bonds. The molecular formula is C16H21NO2S. The van der Waals surface area contributed by atoms with Crippen molar-refractivity contribution in [3.05, 3.63) is 29.8 Å². The molecule has 20 heavy (non-hydrogen) atoms. The fourth-order valence-electron chi connectivity index (χ4n) is 1.83. The average molecular weight is 291 g/mol. The standard InChI is InChI=1S/C16H21NO2S/c1-3-13(18)6-4-5-7-15(17)16(19)12-8-10-14(20-2)11-9-12/h8-11,17H,3-7H2,1-2H3. The number of ketones is 2. The van der Waals surface area contributed by atoms with Crippen molar-refractivity contribution >= 4 is 29.0 Å². The summed E-state index contributed by atoms with van der Waals surface area (Å²) in [7, 11) is 0. The zero-order valence-corrected chi connectivity index (χ0v) is 12.9. The van der Waals surface area contributed by atoms with Crippen LogP contribution in [0.1, 0.15) is 49.4 Å². The van der Waals surface area contributed by atoms with Crippen molar-refractivity contribution < 1.29 is 9.59 Å². The molecule has 1 aromatic carbocycles. The Morgan fingerprint density at radius 3 is 2.25 bits per heavy atom. The van der Waals surface area contributed by atoms with E-state index in [2.05, 4.69) is 0 Å². The molecule has 1 aromatic rings. The molecule has 0 aromatic heterocycles. The third kappa shape index (κ3) is 5.29. The van der Waals surface area contributed by atoms with Gasteiger partial charge < -0.3 is 5.41 Å². The summed E-state index contributed by atoms with van der Waals surface area (Å²) in [5.74, 6) is 0.0370. The first-order valence-corrected chi connectivity index (χ1v) is 8.08. The van der Waals surface area contributed by atoms with E-state index in [4.69, 9.17) is 5.41 Å². The minimum Gasteiger partial charge on any atom is -0.301 e. The molecule has 0 saturated carbocycles. The summed E-state index contributed by atoms with van der Waals surface area (Å²) in [6.45, 7) is 1.85. The second kappa shape index (κ2) is 8.69. The van der Waals surface area contributed by atoms with E-state index in [1.54, 1.807) is 23.9 Å². The maximum Gasteiger partial charge on any atom is 0.206 e. The minimum atomic E-state index is -0.209. The van der Waals surface area contributed by atoms with Gasteiger partial charge in [0.05, 0.1) is 5.71 Å². The number of hydrogen-bond acceptors (Lipinski definition) is 4. The van der Waals surface area contributed by atoms with Crippen LogP contribution in [0.15, 0.2) is 29.2 Å². The Hall–Kier alpha value is -1.42. The predicted octanol–water partition coefficient (Wildman–Crippen LogP) is 4.15. The Morgan fingerprint density at radius 2 is 1.70 bits per heavy atom. The number of carbonyl (C=O) groups excluding carboxylic acids is 2. The molecule has 1 rings (SSSR count). The Morgan fingerprint density at radius 1 is 1.10 bits per heavy atom. The number of rotatable bonds is 9. The van der Waals surface area contributed by atoms with Gasteiger partial charge in [0.2, 0.25) is 5.78 Å². The first-order valence-electron chi connectivity index (χ1n) is 6.86. The normalized spacial score (nSPS) is 10.3. The highest BCUT2D eigenvalue weighted by atomic mass is 32.2. The summed E-state index contributed by atoms with van der Waals surface area (Å²) in [6, 6.07) is 7.32. The SMILES string of the molecule is CCC(=O)CCCCC(=N)C(=O)c1ccc(SC)cc1. The number of benzene rings is 1. The summed E-state index contributed by atoms with van der Waals surface area (Å²) >= 11 is 1.62. The molecule has 0 unspecified atom stereocenters. The smallest absolute Gasteiger partial charge is 0.206 e. The molecular weight excluding hydrogens is 270 g/mol. The van der Waals surface area contributed by atoms with Crippen molar-refractivity contribution in [3.63, 3.8) is 0 Å². The first-order chi connectivity index (χ1) is 9.58. The second-order valence-corrected chi connectivity index (χ2v) is 5.52. The summed E-state index contributed by atoms with van der Waals surface area (Å²) in [6.07, 6.45) is 5.03. The van der Waals surface area contributed by atoms with Gasteiger partial charge in [0, 0.05) is 23.3 Å². The maximum atomic E-state index is 12.0. The Labute approximate surface area is 124 Å². The monoisotopic (exact) mass is 291 g/mol. The van der Waals surface area contributed by atoms with Crippen LogP contribution in [0.25, 0.3) is 0 Å². The average Bonchev–Trinajstić information content (AvgIpc) is 2.50. The van der Waals surface area contributed by atoms with E-state index in [0.717, 1.165) is 17.7 Å². The van der Waals surface area contributed by atoms with Gasteiger partial charge in [-0.15, -0.1) is 11.8 Å². The van der Waals surface area contributed by atoms with Gasteiger partial charge in [0.15, 0.2) is 0 Å². The lowest BCUT2D eigenvalue weighted by molar-refractivity contribution is -0.118. The van der Waals surface area contributed by atoms with E-state index in [0.29, 0.717) is 24.8 Å². The van der Waals surface area contributed by atoms with E-state index in [1.165, 1.54) is 0 Å². The van der Waals surface area contributed by atoms with Gasteiger partial charge in [-0.1, -0.05) is 6.92 Å². The van der Waals surface area contributed by atoms with E-state index in [1.807, 2.05) is 25.3 Å². The van der Waals surface area contributed by atoms with Crippen LogP contribution >= 0.6 is 11.8 Å². The largest absolute Gasteiger partial charge is 0.301 e. The van der Waals surface area contributed by atoms with Gasteiger partial charge in [-0.25, -0.2) is 0 Å². The van der Waals surface area contributed by atoms with Gasteiger partial charge in [0.25, 0.3) is 0 Å². The molecule has 1 N–H and O–H groups in total. The zero-order chi connectivity index (χ0) is 15.0.